The number of nitrogens with zero attached hydrogens (tertiary/aromatic N) is 5. The van der Waals surface area contributed by atoms with Crippen molar-refractivity contribution in [2.24, 2.45) is 10.3 Å². The van der Waals surface area contributed by atoms with Gasteiger partial charge in [-0.2, -0.15) is 5.26 Å². The predicted molar refractivity (Wildman–Crippen MR) is 160 cm³/mol. The molecular formula is C30H33FN6O2S2. The molecule has 8 nitrogen and oxygen atoms in total. The lowest BCUT2D eigenvalue weighted by Gasteiger charge is -2.33. The molecule has 41 heavy (non-hydrogen) atoms. The van der Waals surface area contributed by atoms with Crippen LogP contribution in [0.1, 0.15) is 50.1 Å². The number of para-hydroxylation sites is 1. The summed E-state index contributed by atoms with van der Waals surface area (Å²) in [5.41, 5.74) is 2.73. The maximum Gasteiger partial charge on any atom is 0.225 e. The number of amides is 1. The van der Waals surface area contributed by atoms with Crippen molar-refractivity contribution in [1.82, 2.24) is 15.3 Å². The second-order valence-corrected chi connectivity index (χ2v) is 14.9. The SMILES string of the molecule is CN=S1(=O)CCN(c2ccccc2-c2sc(-c3cncc(F)c3)nc2[C@@H]2CCCC[C@H]2C(=O)NC2(C#N)CC2)CC1. The monoisotopic (exact) mass is 592 g/mol. The Morgan fingerprint density at radius 3 is 2.68 bits per heavy atom. The van der Waals surface area contributed by atoms with Gasteiger partial charge in [0.1, 0.15) is 16.4 Å². The number of aromatic nitrogens is 2. The van der Waals surface area contributed by atoms with E-state index < -0.39 is 21.1 Å². The van der Waals surface area contributed by atoms with Crippen LogP contribution >= 0.6 is 11.3 Å². The zero-order valence-electron chi connectivity index (χ0n) is 23.0. The predicted octanol–water partition coefficient (Wildman–Crippen LogP) is 5.38. The molecule has 1 amide bonds. The molecule has 6 rings (SSSR count). The molecule has 11 heteroatoms. The fourth-order valence-electron chi connectivity index (χ4n) is 6.00. The van der Waals surface area contributed by atoms with Crippen LogP contribution < -0.4 is 10.2 Å². The lowest BCUT2D eigenvalue weighted by molar-refractivity contribution is -0.127. The second kappa shape index (κ2) is 11.1. The molecule has 2 aromatic heterocycles. The molecule has 3 aliphatic rings. The zero-order chi connectivity index (χ0) is 28.6. The van der Waals surface area contributed by atoms with Crippen molar-refractivity contribution in [3.8, 4) is 27.1 Å². The van der Waals surface area contributed by atoms with Gasteiger partial charge in [-0.1, -0.05) is 31.0 Å². The Hall–Kier alpha value is -3.36. The average molecular weight is 593 g/mol. The van der Waals surface area contributed by atoms with Crippen LogP contribution in [0.15, 0.2) is 47.1 Å². The van der Waals surface area contributed by atoms with Crippen molar-refractivity contribution in [2.45, 2.75) is 50.0 Å². The molecule has 2 aliphatic carbocycles. The molecule has 0 radical (unpaired) electrons. The van der Waals surface area contributed by atoms with Crippen molar-refractivity contribution in [3.05, 3.63) is 54.2 Å². The number of carbonyl (C=O) groups excluding carboxylic acids is 1. The van der Waals surface area contributed by atoms with Crippen LogP contribution in [0.25, 0.3) is 21.0 Å². The lowest BCUT2D eigenvalue weighted by atomic mass is 9.76. The van der Waals surface area contributed by atoms with Crippen molar-refractivity contribution in [1.29, 1.82) is 5.26 Å². The van der Waals surface area contributed by atoms with Gasteiger partial charge in [-0.25, -0.2) is 17.9 Å². The Labute approximate surface area is 244 Å². The topological polar surface area (TPSA) is 111 Å². The first kappa shape index (κ1) is 27.8. The lowest BCUT2D eigenvalue weighted by Crippen LogP contribution is -2.42. The van der Waals surface area contributed by atoms with E-state index in [0.29, 0.717) is 48.0 Å². The summed E-state index contributed by atoms with van der Waals surface area (Å²) in [5, 5.41) is 13.3. The molecule has 214 valence electrons. The van der Waals surface area contributed by atoms with Gasteiger partial charge < -0.3 is 10.2 Å². The zero-order valence-corrected chi connectivity index (χ0v) is 24.6. The van der Waals surface area contributed by atoms with E-state index >= 15 is 0 Å². The summed E-state index contributed by atoms with van der Waals surface area (Å²) in [5.74, 6) is 0.0847. The van der Waals surface area contributed by atoms with Crippen LogP contribution in [-0.2, 0) is 14.5 Å². The molecule has 2 saturated carbocycles. The van der Waals surface area contributed by atoms with Crippen LogP contribution in [-0.4, -0.2) is 57.3 Å². The molecule has 0 unspecified atom stereocenters. The number of rotatable bonds is 6. The minimum absolute atomic E-state index is 0.0796. The van der Waals surface area contributed by atoms with Gasteiger partial charge in [0.25, 0.3) is 0 Å². The molecule has 1 saturated heterocycles. The highest BCUT2D eigenvalue weighted by Crippen LogP contribution is 2.48. The Morgan fingerprint density at radius 1 is 1.22 bits per heavy atom. The van der Waals surface area contributed by atoms with Crippen LogP contribution in [0.4, 0.5) is 10.1 Å². The largest absolute Gasteiger partial charge is 0.369 e. The highest BCUT2D eigenvalue weighted by molar-refractivity contribution is 7.93. The first-order chi connectivity index (χ1) is 19.8. The number of hydrogen-bond acceptors (Lipinski definition) is 8. The summed E-state index contributed by atoms with van der Waals surface area (Å²) in [6.45, 7) is 1.26. The molecule has 2 atom stereocenters. The van der Waals surface area contributed by atoms with Crippen molar-refractivity contribution >= 4 is 32.7 Å². The highest BCUT2D eigenvalue weighted by atomic mass is 32.2. The van der Waals surface area contributed by atoms with Crippen molar-refractivity contribution in [2.75, 3.05) is 36.5 Å². The minimum Gasteiger partial charge on any atom is -0.369 e. The number of anilines is 1. The van der Waals surface area contributed by atoms with Crippen LogP contribution in [0.3, 0.4) is 0 Å². The summed E-state index contributed by atoms with van der Waals surface area (Å²) in [4.78, 5) is 25.9. The Bertz CT molecular complexity index is 1620. The maximum atomic E-state index is 14.2. The fraction of sp³-hybridized carbons (Fsp3) is 0.467. The van der Waals surface area contributed by atoms with Crippen LogP contribution in [0.5, 0.6) is 0 Å². The highest BCUT2D eigenvalue weighted by Gasteiger charge is 2.47. The number of nitrogens with one attached hydrogen (secondary N) is 1. The van der Waals surface area contributed by atoms with E-state index in [1.54, 1.807) is 13.2 Å². The third kappa shape index (κ3) is 5.60. The van der Waals surface area contributed by atoms with Crippen LogP contribution in [0, 0.1) is 23.1 Å². The van der Waals surface area contributed by atoms with Gasteiger partial charge in [0.05, 0.1) is 22.8 Å². The van der Waals surface area contributed by atoms with Gasteiger partial charge >= 0.3 is 0 Å². The molecule has 1 aromatic carbocycles. The summed E-state index contributed by atoms with van der Waals surface area (Å²) < 4.78 is 31.2. The summed E-state index contributed by atoms with van der Waals surface area (Å²) in [6.07, 6.45) is 7.63. The molecule has 0 spiro atoms. The van der Waals surface area contributed by atoms with E-state index in [-0.39, 0.29) is 17.7 Å². The molecular weight excluding hydrogens is 560 g/mol. The van der Waals surface area contributed by atoms with Gasteiger partial charge in [0.2, 0.25) is 5.91 Å². The molecule has 0 bridgehead atoms. The summed E-state index contributed by atoms with van der Waals surface area (Å²) in [7, 11) is -0.537. The van der Waals surface area contributed by atoms with E-state index in [2.05, 4.69) is 37.8 Å². The quantitative estimate of drug-likeness (QED) is 0.412. The minimum atomic E-state index is -2.17. The third-order valence-corrected chi connectivity index (χ3v) is 12.0. The van der Waals surface area contributed by atoms with Crippen LogP contribution in [0.2, 0.25) is 0 Å². The standard InChI is InChI=1S/C30H33FN6O2S2/c1-33-41(39)14-12-37(13-15-41)25-9-5-4-8-24(25)27-26(35-29(40-27)20-16-21(31)18-34-17-20)22-6-2-3-7-23(22)28(38)36-30(19-32)10-11-30/h4-5,8-9,16-18,22-23H,2-3,6-7,10-15H2,1H3,(H,36,38)/t22-,23-/m1/s1. The van der Waals surface area contributed by atoms with Gasteiger partial charge in [-0.15, -0.1) is 11.3 Å². The van der Waals surface area contributed by atoms with Gasteiger partial charge in [-0.3, -0.25) is 9.78 Å². The van der Waals surface area contributed by atoms with E-state index in [0.717, 1.165) is 47.5 Å². The van der Waals surface area contributed by atoms with Gasteiger partial charge in [0.15, 0.2) is 0 Å². The Balaban J connectivity index is 1.43. The first-order valence-corrected chi connectivity index (χ1v) is 16.8. The number of halogens is 1. The third-order valence-electron chi connectivity index (χ3n) is 8.57. The number of carbonyl (C=O) groups is 1. The van der Waals surface area contributed by atoms with Crippen molar-refractivity contribution in [3.63, 3.8) is 0 Å². The maximum absolute atomic E-state index is 14.2. The number of thiazole rings is 1. The molecule has 3 heterocycles. The Kier molecular flexibility index (Phi) is 7.55. The Morgan fingerprint density at radius 2 is 1.98 bits per heavy atom. The van der Waals surface area contributed by atoms with E-state index in [9.17, 15) is 18.7 Å². The van der Waals surface area contributed by atoms with E-state index in [1.165, 1.54) is 23.6 Å². The summed E-state index contributed by atoms with van der Waals surface area (Å²) >= 11 is 1.49. The van der Waals surface area contributed by atoms with Gasteiger partial charge in [-0.05, 0) is 37.8 Å². The molecule has 1 aliphatic heterocycles. The number of pyridine rings is 1. The molecule has 3 fully saturated rings. The van der Waals surface area contributed by atoms with Crippen molar-refractivity contribution < 1.29 is 13.4 Å². The smallest absolute Gasteiger partial charge is 0.225 e. The number of nitriles is 1. The van der Waals surface area contributed by atoms with E-state index in [4.69, 9.17) is 4.98 Å². The summed E-state index contributed by atoms with van der Waals surface area (Å²) in [6, 6.07) is 11.9. The molecule has 1 N–H and O–H groups in total. The van der Waals surface area contributed by atoms with E-state index in [1.807, 2.05) is 12.1 Å². The van der Waals surface area contributed by atoms with Gasteiger partial charge in [0, 0.05) is 76.2 Å². The number of benzene rings is 1. The molecule has 3 aromatic rings. The second-order valence-electron chi connectivity index (χ2n) is 11.2. The number of hydrogen-bond donors (Lipinski definition) is 1. The first-order valence-electron chi connectivity index (χ1n) is 14.1. The normalized spacial score (nSPS) is 22.9. The fourth-order valence-corrected chi connectivity index (χ4v) is 8.73. The average Bonchev–Trinajstić information content (AvgIpc) is 3.64.